The summed E-state index contributed by atoms with van der Waals surface area (Å²) in [7, 11) is 0. The molecule has 1 heterocycles. The highest BCUT2D eigenvalue weighted by Crippen LogP contribution is 2.48. The monoisotopic (exact) mass is 218 g/mol. The fourth-order valence-corrected chi connectivity index (χ4v) is 4.08. The van der Waals surface area contributed by atoms with Crippen molar-refractivity contribution in [3.05, 3.63) is 46.9 Å². The number of benzene rings is 1. The van der Waals surface area contributed by atoms with Crippen LogP contribution in [0.2, 0.25) is 0 Å². The Morgan fingerprint density at radius 2 is 1.93 bits per heavy atom. The number of rotatable bonds is 1. The quantitative estimate of drug-likeness (QED) is 0.665. The van der Waals surface area contributed by atoms with Gasteiger partial charge in [0.25, 0.3) is 0 Å². The summed E-state index contributed by atoms with van der Waals surface area (Å²) in [6.45, 7) is 6.89. The summed E-state index contributed by atoms with van der Waals surface area (Å²) < 4.78 is 0.263. The molecule has 80 valence electrons. The van der Waals surface area contributed by atoms with Crippen LogP contribution in [0.15, 0.2) is 41.3 Å². The Bertz CT molecular complexity index is 366. The van der Waals surface area contributed by atoms with Crippen molar-refractivity contribution in [3.8, 4) is 0 Å². The molecule has 1 aromatic rings. The van der Waals surface area contributed by atoms with Gasteiger partial charge in [-0.1, -0.05) is 43.3 Å². The van der Waals surface area contributed by atoms with Gasteiger partial charge in [-0.05, 0) is 36.7 Å². The van der Waals surface area contributed by atoms with Gasteiger partial charge < -0.3 is 0 Å². The number of hydrogen-bond acceptors (Lipinski definition) is 1. The van der Waals surface area contributed by atoms with Gasteiger partial charge in [0, 0.05) is 4.75 Å². The van der Waals surface area contributed by atoms with Crippen molar-refractivity contribution in [2.24, 2.45) is 5.92 Å². The molecule has 2 unspecified atom stereocenters. The molecule has 0 radical (unpaired) electrons. The van der Waals surface area contributed by atoms with Crippen LogP contribution in [0.5, 0.6) is 0 Å². The summed E-state index contributed by atoms with van der Waals surface area (Å²) in [6, 6.07) is 10.9. The van der Waals surface area contributed by atoms with Crippen molar-refractivity contribution in [2.75, 3.05) is 0 Å². The molecule has 0 aromatic heterocycles. The van der Waals surface area contributed by atoms with Gasteiger partial charge in [0.2, 0.25) is 0 Å². The number of hydrogen-bond donors (Lipinski definition) is 0. The maximum absolute atomic E-state index is 2.38. The zero-order valence-corrected chi connectivity index (χ0v) is 10.5. The summed E-state index contributed by atoms with van der Waals surface area (Å²) in [5, 5.41) is 0. The van der Waals surface area contributed by atoms with E-state index in [2.05, 4.69) is 57.2 Å². The van der Waals surface area contributed by atoms with Crippen molar-refractivity contribution in [1.29, 1.82) is 0 Å². The van der Waals surface area contributed by atoms with E-state index in [9.17, 15) is 0 Å². The SMILES string of the molecule is CC1=CC(C)CC(C)(c2ccccc2)S1. The number of thioether (sulfide) groups is 1. The zero-order valence-electron chi connectivity index (χ0n) is 9.66. The molecule has 0 saturated heterocycles. The average Bonchev–Trinajstić information content (AvgIpc) is 2.17. The van der Waals surface area contributed by atoms with Gasteiger partial charge in [-0.2, -0.15) is 0 Å². The van der Waals surface area contributed by atoms with Crippen LogP contribution in [-0.2, 0) is 4.75 Å². The summed E-state index contributed by atoms with van der Waals surface area (Å²) in [6.07, 6.45) is 3.62. The van der Waals surface area contributed by atoms with Gasteiger partial charge in [-0.15, -0.1) is 11.8 Å². The maximum atomic E-state index is 2.38. The minimum Gasteiger partial charge on any atom is -0.120 e. The van der Waals surface area contributed by atoms with Gasteiger partial charge >= 0.3 is 0 Å². The normalized spacial score (nSPS) is 31.1. The van der Waals surface area contributed by atoms with Crippen LogP contribution in [0.4, 0.5) is 0 Å². The van der Waals surface area contributed by atoms with Crippen LogP contribution < -0.4 is 0 Å². The van der Waals surface area contributed by atoms with E-state index < -0.39 is 0 Å². The Hall–Kier alpha value is -0.690. The topological polar surface area (TPSA) is 0 Å². The predicted octanol–water partition coefficient (Wildman–Crippen LogP) is 4.58. The maximum Gasteiger partial charge on any atom is 0.0429 e. The van der Waals surface area contributed by atoms with Crippen molar-refractivity contribution in [3.63, 3.8) is 0 Å². The van der Waals surface area contributed by atoms with Crippen LogP contribution in [0.3, 0.4) is 0 Å². The van der Waals surface area contributed by atoms with Crippen molar-refractivity contribution >= 4 is 11.8 Å². The molecule has 0 bridgehead atoms. The van der Waals surface area contributed by atoms with E-state index in [1.165, 1.54) is 16.9 Å². The molecule has 0 spiro atoms. The van der Waals surface area contributed by atoms with Gasteiger partial charge in [0.1, 0.15) is 0 Å². The van der Waals surface area contributed by atoms with E-state index in [0.717, 1.165) is 0 Å². The standard InChI is InChI=1S/C14H18S/c1-11-9-12(2)15-14(3,10-11)13-7-5-4-6-8-13/h4-9,11H,10H2,1-3H3. The summed E-state index contributed by atoms with van der Waals surface area (Å²) in [5.74, 6) is 0.691. The van der Waals surface area contributed by atoms with Gasteiger partial charge in [0.05, 0.1) is 0 Å². The highest BCUT2D eigenvalue weighted by molar-refractivity contribution is 8.03. The molecule has 0 aliphatic carbocycles. The molecule has 2 rings (SSSR count). The van der Waals surface area contributed by atoms with Crippen molar-refractivity contribution < 1.29 is 0 Å². The Morgan fingerprint density at radius 3 is 2.53 bits per heavy atom. The Kier molecular flexibility index (Phi) is 2.92. The predicted molar refractivity (Wildman–Crippen MR) is 68.9 cm³/mol. The highest BCUT2D eigenvalue weighted by Gasteiger charge is 2.32. The molecule has 1 aromatic carbocycles. The molecule has 2 atom stereocenters. The molecule has 0 fully saturated rings. The second kappa shape index (κ2) is 4.05. The van der Waals surface area contributed by atoms with Gasteiger partial charge in [-0.3, -0.25) is 0 Å². The first kappa shape index (κ1) is 10.8. The third kappa shape index (κ3) is 2.28. The van der Waals surface area contributed by atoms with E-state index in [-0.39, 0.29) is 4.75 Å². The van der Waals surface area contributed by atoms with Crippen molar-refractivity contribution in [1.82, 2.24) is 0 Å². The average molecular weight is 218 g/mol. The lowest BCUT2D eigenvalue weighted by atomic mass is 9.89. The Labute approximate surface area is 96.8 Å². The van der Waals surface area contributed by atoms with E-state index in [1.54, 1.807) is 0 Å². The summed E-state index contributed by atoms with van der Waals surface area (Å²) in [5.41, 5.74) is 1.45. The van der Waals surface area contributed by atoms with E-state index in [0.29, 0.717) is 5.92 Å². The van der Waals surface area contributed by atoms with E-state index in [1.807, 2.05) is 11.8 Å². The van der Waals surface area contributed by atoms with Crippen LogP contribution in [0.1, 0.15) is 32.8 Å². The van der Waals surface area contributed by atoms with Gasteiger partial charge in [-0.25, -0.2) is 0 Å². The van der Waals surface area contributed by atoms with Gasteiger partial charge in [0.15, 0.2) is 0 Å². The van der Waals surface area contributed by atoms with Crippen molar-refractivity contribution in [2.45, 2.75) is 31.9 Å². The lowest BCUT2D eigenvalue weighted by Gasteiger charge is -2.35. The first-order valence-electron chi connectivity index (χ1n) is 5.53. The second-order valence-corrected chi connectivity index (χ2v) is 6.41. The van der Waals surface area contributed by atoms with E-state index in [4.69, 9.17) is 0 Å². The molecule has 0 N–H and O–H groups in total. The largest absolute Gasteiger partial charge is 0.120 e. The van der Waals surface area contributed by atoms with Crippen LogP contribution in [-0.4, -0.2) is 0 Å². The molecule has 1 heteroatoms. The molecule has 1 aliphatic heterocycles. The molecule has 0 amide bonds. The Balaban J connectivity index is 2.33. The highest BCUT2D eigenvalue weighted by atomic mass is 32.2. The fraction of sp³-hybridized carbons (Fsp3) is 0.429. The van der Waals surface area contributed by atoms with Crippen LogP contribution in [0.25, 0.3) is 0 Å². The molecule has 15 heavy (non-hydrogen) atoms. The molecular weight excluding hydrogens is 200 g/mol. The fourth-order valence-electron chi connectivity index (χ4n) is 2.47. The second-order valence-electron chi connectivity index (χ2n) is 4.66. The molecule has 0 nitrogen and oxygen atoms in total. The summed E-state index contributed by atoms with van der Waals surface area (Å²) >= 11 is 2.01. The zero-order chi connectivity index (χ0) is 10.9. The lowest BCUT2D eigenvalue weighted by molar-refractivity contribution is 0.520. The first-order chi connectivity index (χ1) is 7.10. The minimum absolute atomic E-state index is 0.263. The lowest BCUT2D eigenvalue weighted by Crippen LogP contribution is -2.23. The minimum atomic E-state index is 0.263. The molecular formula is C14H18S. The van der Waals surface area contributed by atoms with E-state index >= 15 is 0 Å². The Morgan fingerprint density at radius 1 is 1.27 bits per heavy atom. The first-order valence-corrected chi connectivity index (χ1v) is 6.35. The third-order valence-corrected chi connectivity index (χ3v) is 4.31. The van der Waals surface area contributed by atoms with Crippen LogP contribution >= 0.6 is 11.8 Å². The third-order valence-electron chi connectivity index (χ3n) is 3.00. The smallest absolute Gasteiger partial charge is 0.0429 e. The van der Waals surface area contributed by atoms with Crippen LogP contribution in [0, 0.1) is 5.92 Å². The molecule has 1 aliphatic rings. The molecule has 0 saturated carbocycles. The summed E-state index contributed by atoms with van der Waals surface area (Å²) in [4.78, 5) is 1.46. The number of allylic oxidation sites excluding steroid dienone is 2.